The van der Waals surface area contributed by atoms with Gasteiger partial charge in [0.2, 0.25) is 9.84 Å². The van der Waals surface area contributed by atoms with Crippen molar-refractivity contribution in [1.82, 2.24) is 0 Å². The molecule has 104 valence electrons. The largest absolute Gasteiger partial charge is 0.288 e. The number of hydrogen-bond acceptors (Lipinski definition) is 4. The summed E-state index contributed by atoms with van der Waals surface area (Å²) in [6, 6.07) is 9.22. The Kier molecular flexibility index (Phi) is 4.12. The van der Waals surface area contributed by atoms with Crippen molar-refractivity contribution >= 4 is 43.1 Å². The van der Waals surface area contributed by atoms with E-state index >= 15 is 0 Å². The molecule has 0 saturated heterocycles. The number of hydrogen-bond donors (Lipinski definition) is 0. The van der Waals surface area contributed by atoms with Crippen LogP contribution in [0.25, 0.3) is 0 Å². The molecule has 5 nitrogen and oxygen atoms in total. The summed E-state index contributed by atoms with van der Waals surface area (Å²) < 4.78 is 25.3. The van der Waals surface area contributed by atoms with Crippen LogP contribution in [0.15, 0.2) is 56.7 Å². The number of nitrogens with zero attached hydrogens (tertiary/aromatic N) is 1. The Morgan fingerprint density at radius 2 is 1.70 bits per heavy atom. The first-order valence-electron chi connectivity index (χ1n) is 5.27. The van der Waals surface area contributed by atoms with Gasteiger partial charge in [-0.25, -0.2) is 8.42 Å². The molecule has 2 aromatic rings. The minimum absolute atomic E-state index is 0.0527. The van der Waals surface area contributed by atoms with Crippen LogP contribution in [-0.2, 0) is 9.84 Å². The lowest BCUT2D eigenvalue weighted by Gasteiger charge is -2.06. The number of benzene rings is 2. The lowest BCUT2D eigenvalue weighted by molar-refractivity contribution is -0.387. The molecule has 0 amide bonds. The number of nitro benzene ring substituents is 1. The monoisotopic (exact) mass is 375 g/mol. The SMILES string of the molecule is O=[N+]([O-])c1ccc(Br)cc1S(=O)(=O)c1ccc(Cl)cc1. The molecule has 0 bridgehead atoms. The number of nitro groups is 1. The van der Waals surface area contributed by atoms with E-state index in [1.807, 2.05) is 0 Å². The molecule has 0 aliphatic heterocycles. The highest BCUT2D eigenvalue weighted by Gasteiger charge is 2.27. The van der Waals surface area contributed by atoms with Crippen LogP contribution < -0.4 is 0 Å². The zero-order valence-electron chi connectivity index (χ0n) is 9.79. The normalized spacial score (nSPS) is 11.3. The van der Waals surface area contributed by atoms with Crippen LogP contribution in [0.1, 0.15) is 0 Å². The van der Waals surface area contributed by atoms with E-state index in [1.165, 1.54) is 36.4 Å². The van der Waals surface area contributed by atoms with E-state index in [2.05, 4.69) is 15.9 Å². The Bertz CT molecular complexity index is 775. The highest BCUT2D eigenvalue weighted by atomic mass is 79.9. The molecular formula is C12H7BrClNO4S. The van der Waals surface area contributed by atoms with Gasteiger partial charge in [0, 0.05) is 15.6 Å². The highest BCUT2D eigenvalue weighted by molar-refractivity contribution is 9.10. The maximum atomic E-state index is 12.5. The van der Waals surface area contributed by atoms with Gasteiger partial charge >= 0.3 is 0 Å². The second-order valence-corrected chi connectivity index (χ2v) is 7.10. The standard InChI is InChI=1S/C12H7BrClNO4S/c13-8-1-6-11(15(16)17)12(7-8)20(18,19)10-4-2-9(14)3-5-10/h1-7H. The average molecular weight is 377 g/mol. The van der Waals surface area contributed by atoms with Gasteiger partial charge in [0.25, 0.3) is 5.69 Å². The summed E-state index contributed by atoms with van der Waals surface area (Å²) in [6.07, 6.45) is 0. The predicted octanol–water partition coefficient (Wildman–Crippen LogP) is 3.84. The van der Waals surface area contributed by atoms with Crippen LogP contribution in [0, 0.1) is 10.1 Å². The summed E-state index contributed by atoms with van der Waals surface area (Å²) in [6.45, 7) is 0. The molecule has 0 aromatic heterocycles. The molecule has 2 rings (SSSR count). The zero-order valence-corrected chi connectivity index (χ0v) is 12.9. The Labute approximate surface area is 128 Å². The number of halogens is 2. The van der Waals surface area contributed by atoms with Crippen LogP contribution in [-0.4, -0.2) is 13.3 Å². The zero-order chi connectivity index (χ0) is 14.9. The number of rotatable bonds is 3. The molecule has 0 fully saturated rings. The molecule has 0 radical (unpaired) electrons. The molecule has 0 saturated carbocycles. The maximum absolute atomic E-state index is 12.5. The highest BCUT2D eigenvalue weighted by Crippen LogP contribution is 2.32. The van der Waals surface area contributed by atoms with Gasteiger partial charge in [-0.05, 0) is 36.4 Å². The van der Waals surface area contributed by atoms with E-state index in [0.29, 0.717) is 9.50 Å². The smallest absolute Gasteiger partial charge is 0.258 e. The summed E-state index contributed by atoms with van der Waals surface area (Å²) in [4.78, 5) is 9.83. The lowest BCUT2D eigenvalue weighted by atomic mass is 10.3. The molecule has 8 heteroatoms. The fourth-order valence-electron chi connectivity index (χ4n) is 1.59. The Morgan fingerprint density at radius 1 is 1.10 bits per heavy atom. The minimum Gasteiger partial charge on any atom is -0.258 e. The second kappa shape index (κ2) is 5.51. The Hall–Kier alpha value is -1.44. The van der Waals surface area contributed by atoms with Gasteiger partial charge in [-0.1, -0.05) is 27.5 Å². The third-order valence-electron chi connectivity index (χ3n) is 2.53. The van der Waals surface area contributed by atoms with E-state index in [0.717, 1.165) is 6.07 Å². The van der Waals surface area contributed by atoms with E-state index in [4.69, 9.17) is 11.6 Å². The molecule has 0 aliphatic rings. The third kappa shape index (κ3) is 2.84. The van der Waals surface area contributed by atoms with Crippen LogP contribution in [0.3, 0.4) is 0 Å². The summed E-state index contributed by atoms with van der Waals surface area (Å²) in [5, 5.41) is 11.4. The average Bonchev–Trinajstić information content (AvgIpc) is 2.38. The van der Waals surface area contributed by atoms with E-state index in [-0.39, 0.29) is 9.79 Å². The van der Waals surface area contributed by atoms with Gasteiger partial charge in [-0.15, -0.1) is 0 Å². The fourth-order valence-corrected chi connectivity index (χ4v) is 3.68. The van der Waals surface area contributed by atoms with Crippen molar-refractivity contribution in [2.24, 2.45) is 0 Å². The summed E-state index contributed by atoms with van der Waals surface area (Å²) in [5.41, 5.74) is -0.469. The van der Waals surface area contributed by atoms with Gasteiger partial charge in [0.05, 0.1) is 9.82 Å². The quantitative estimate of drug-likeness (QED) is 0.602. The van der Waals surface area contributed by atoms with Crippen molar-refractivity contribution in [2.45, 2.75) is 9.79 Å². The molecule has 0 heterocycles. The van der Waals surface area contributed by atoms with E-state index in [9.17, 15) is 18.5 Å². The van der Waals surface area contributed by atoms with Gasteiger partial charge in [0.1, 0.15) is 0 Å². The number of sulfone groups is 1. The van der Waals surface area contributed by atoms with Crippen LogP contribution >= 0.6 is 27.5 Å². The van der Waals surface area contributed by atoms with Crippen molar-refractivity contribution in [2.75, 3.05) is 0 Å². The molecule has 0 N–H and O–H groups in total. The molecule has 0 aliphatic carbocycles. The first kappa shape index (κ1) is 15.0. The van der Waals surface area contributed by atoms with Crippen LogP contribution in [0.5, 0.6) is 0 Å². The first-order valence-corrected chi connectivity index (χ1v) is 7.92. The molecular weight excluding hydrogens is 370 g/mol. The Morgan fingerprint density at radius 3 is 2.25 bits per heavy atom. The van der Waals surface area contributed by atoms with E-state index < -0.39 is 20.4 Å². The lowest BCUT2D eigenvalue weighted by Crippen LogP contribution is -2.05. The van der Waals surface area contributed by atoms with Crippen molar-refractivity contribution in [3.05, 3.63) is 62.1 Å². The fraction of sp³-hybridized carbons (Fsp3) is 0. The predicted molar refractivity (Wildman–Crippen MR) is 77.7 cm³/mol. The van der Waals surface area contributed by atoms with Crippen molar-refractivity contribution in [1.29, 1.82) is 0 Å². The molecule has 2 aromatic carbocycles. The summed E-state index contributed by atoms with van der Waals surface area (Å²) in [5.74, 6) is 0. The molecule has 0 spiro atoms. The van der Waals surface area contributed by atoms with Crippen molar-refractivity contribution in [3.63, 3.8) is 0 Å². The van der Waals surface area contributed by atoms with Crippen LogP contribution in [0.2, 0.25) is 5.02 Å². The molecule has 20 heavy (non-hydrogen) atoms. The van der Waals surface area contributed by atoms with Crippen LogP contribution in [0.4, 0.5) is 5.69 Å². The maximum Gasteiger partial charge on any atom is 0.288 e. The van der Waals surface area contributed by atoms with E-state index in [1.54, 1.807) is 0 Å². The summed E-state index contributed by atoms with van der Waals surface area (Å²) >= 11 is 8.82. The van der Waals surface area contributed by atoms with Crippen molar-refractivity contribution < 1.29 is 13.3 Å². The van der Waals surface area contributed by atoms with Gasteiger partial charge in [-0.2, -0.15) is 0 Å². The molecule has 0 atom stereocenters. The molecule has 0 unspecified atom stereocenters. The topological polar surface area (TPSA) is 77.3 Å². The first-order chi connectivity index (χ1) is 9.32. The Balaban J connectivity index is 2.68. The third-order valence-corrected chi connectivity index (χ3v) is 5.08. The minimum atomic E-state index is -3.98. The van der Waals surface area contributed by atoms with Gasteiger partial charge < -0.3 is 0 Å². The summed E-state index contributed by atoms with van der Waals surface area (Å²) in [7, 11) is -3.98. The second-order valence-electron chi connectivity index (χ2n) is 3.83. The van der Waals surface area contributed by atoms with Crippen molar-refractivity contribution in [3.8, 4) is 0 Å². The van der Waals surface area contributed by atoms with Gasteiger partial charge in [-0.3, -0.25) is 10.1 Å². The van der Waals surface area contributed by atoms with Gasteiger partial charge in [0.15, 0.2) is 4.90 Å².